The van der Waals surface area contributed by atoms with E-state index in [1.807, 2.05) is 0 Å². The topological polar surface area (TPSA) is 129 Å². The lowest BCUT2D eigenvalue weighted by Gasteiger charge is -2.20. The van der Waals surface area contributed by atoms with Gasteiger partial charge in [0.2, 0.25) is 5.91 Å². The third kappa shape index (κ3) is 5.18. The molecule has 0 radical (unpaired) electrons. The van der Waals surface area contributed by atoms with E-state index >= 15 is 0 Å². The van der Waals surface area contributed by atoms with Gasteiger partial charge in [0.15, 0.2) is 6.04 Å². The van der Waals surface area contributed by atoms with Crippen molar-refractivity contribution in [3.8, 4) is 0 Å². The van der Waals surface area contributed by atoms with Crippen LogP contribution in [0.25, 0.3) is 0 Å². The molecule has 1 fully saturated rings. The number of rotatable bonds is 6. The average molecular weight is 341 g/mol. The van der Waals surface area contributed by atoms with Crippen LogP contribution in [-0.2, 0) is 19.1 Å². The highest BCUT2D eigenvalue weighted by Gasteiger charge is 2.41. The smallest absolute Gasteiger partial charge is 0.362 e. The van der Waals surface area contributed by atoms with Crippen LogP contribution in [0.2, 0.25) is 0 Å². The van der Waals surface area contributed by atoms with Crippen LogP contribution in [0.1, 0.15) is 19.8 Å². The maximum atomic E-state index is 12.0. The summed E-state index contributed by atoms with van der Waals surface area (Å²) in [6.45, 7) is 1.80. The van der Waals surface area contributed by atoms with E-state index < -0.39 is 35.2 Å². The van der Waals surface area contributed by atoms with E-state index in [0.717, 1.165) is 16.7 Å². The number of halogens is 1. The number of carboxylic acids is 1. The number of thioether (sulfide) groups is 1. The summed E-state index contributed by atoms with van der Waals surface area (Å²) in [6.07, 6.45) is -0.138. The highest BCUT2D eigenvalue weighted by atomic mass is 35.5. The number of imide groups is 1. The Labute approximate surface area is 131 Å². The quantitative estimate of drug-likeness (QED) is 0.473. The molecule has 0 unspecified atom stereocenters. The minimum Gasteiger partial charge on any atom is -1.00 e. The summed E-state index contributed by atoms with van der Waals surface area (Å²) in [5, 5.41) is 8.18. The first-order valence-corrected chi connectivity index (χ1v) is 7.08. The number of hydrogen-bond donors (Lipinski definition) is 2. The summed E-state index contributed by atoms with van der Waals surface area (Å²) in [6, 6.07) is -1.85. The van der Waals surface area contributed by atoms with Crippen molar-refractivity contribution >= 4 is 34.8 Å². The van der Waals surface area contributed by atoms with Gasteiger partial charge in [-0.15, -0.1) is 0 Å². The van der Waals surface area contributed by atoms with E-state index in [1.54, 1.807) is 6.92 Å². The number of aliphatic carboxylic acids is 1. The molecule has 1 heterocycles. The first-order valence-electron chi connectivity index (χ1n) is 6.09. The van der Waals surface area contributed by atoms with Gasteiger partial charge in [0.05, 0.1) is 6.61 Å². The molecule has 21 heavy (non-hydrogen) atoms. The van der Waals surface area contributed by atoms with Crippen molar-refractivity contribution < 1.29 is 47.2 Å². The number of hydrogen-bond acceptors (Lipinski definition) is 6. The van der Waals surface area contributed by atoms with Crippen molar-refractivity contribution in [2.75, 3.05) is 12.4 Å². The molecular formula is C11H17ClN2O6S. The van der Waals surface area contributed by atoms with E-state index in [1.165, 1.54) is 0 Å². The van der Waals surface area contributed by atoms with Gasteiger partial charge in [0, 0.05) is 18.6 Å². The average Bonchev–Trinajstić information content (AvgIpc) is 2.77. The minimum absolute atomic E-state index is 0. The predicted molar refractivity (Wildman–Crippen MR) is 68.7 cm³/mol. The van der Waals surface area contributed by atoms with E-state index in [-0.39, 0.29) is 37.6 Å². The lowest BCUT2D eigenvalue weighted by Crippen LogP contribution is -3.00. The molecule has 2 amide bonds. The van der Waals surface area contributed by atoms with Crippen LogP contribution in [0.4, 0.5) is 4.79 Å². The predicted octanol–water partition coefficient (Wildman–Crippen LogP) is -3.91. The highest BCUT2D eigenvalue weighted by Crippen LogP contribution is 2.26. The fourth-order valence-electron chi connectivity index (χ4n) is 1.65. The minimum atomic E-state index is -1.11. The van der Waals surface area contributed by atoms with Crippen LogP contribution in [0.5, 0.6) is 0 Å². The second kappa shape index (κ2) is 8.85. The third-order valence-electron chi connectivity index (χ3n) is 2.76. The molecule has 0 aromatic rings. The van der Waals surface area contributed by atoms with Crippen LogP contribution in [0.15, 0.2) is 0 Å². The van der Waals surface area contributed by atoms with Crippen molar-refractivity contribution in [2.45, 2.75) is 31.8 Å². The molecule has 0 aromatic carbocycles. The van der Waals surface area contributed by atoms with Crippen molar-refractivity contribution in [1.82, 2.24) is 4.90 Å². The molecule has 10 heteroatoms. The van der Waals surface area contributed by atoms with Crippen LogP contribution in [0, 0.1) is 0 Å². The normalized spacial score (nSPS) is 18.9. The largest absolute Gasteiger partial charge is 1.00 e. The van der Waals surface area contributed by atoms with E-state index in [0.29, 0.717) is 0 Å². The van der Waals surface area contributed by atoms with Gasteiger partial charge in [-0.05, 0) is 6.92 Å². The Morgan fingerprint density at radius 2 is 2.14 bits per heavy atom. The molecule has 0 aliphatic carbocycles. The standard InChI is InChI=1S/C11H16N2O6S.ClH/c1-2-19-10(17)7-5-20-11(18)13(7)8(14)4-3-6(12)9(15)16;/h6-7H,2-5,12H2,1H3,(H,15,16);1H/t6-,7-;/m0./s1. The molecule has 1 saturated heterocycles. The Kier molecular flexibility index (Phi) is 8.30. The summed E-state index contributed by atoms with van der Waals surface area (Å²) < 4.78 is 4.81. The Morgan fingerprint density at radius 3 is 2.67 bits per heavy atom. The Balaban J connectivity index is 0.00000400. The first kappa shape index (κ1) is 19.7. The molecule has 8 nitrogen and oxygen atoms in total. The van der Waals surface area contributed by atoms with Gasteiger partial charge in [-0.25, -0.2) is 9.59 Å². The van der Waals surface area contributed by atoms with Crippen molar-refractivity contribution in [3.05, 3.63) is 0 Å². The second-order valence-corrected chi connectivity index (χ2v) is 5.15. The fraction of sp³-hybridized carbons (Fsp3) is 0.636. The molecule has 1 aliphatic heterocycles. The van der Waals surface area contributed by atoms with Gasteiger partial charge < -0.3 is 28.0 Å². The van der Waals surface area contributed by atoms with E-state index in [2.05, 4.69) is 5.73 Å². The number of carbonyl (C=O) groups excluding carboxylic acids is 3. The van der Waals surface area contributed by atoms with Gasteiger partial charge in [-0.1, -0.05) is 11.8 Å². The van der Waals surface area contributed by atoms with E-state index in [9.17, 15) is 19.2 Å². The van der Waals surface area contributed by atoms with Crippen LogP contribution in [-0.4, -0.2) is 57.5 Å². The van der Waals surface area contributed by atoms with Gasteiger partial charge >= 0.3 is 11.9 Å². The van der Waals surface area contributed by atoms with Gasteiger partial charge in [0.25, 0.3) is 5.24 Å². The second-order valence-electron chi connectivity index (χ2n) is 4.18. The number of quaternary nitrogens is 1. The maximum absolute atomic E-state index is 12.0. The van der Waals surface area contributed by atoms with Crippen molar-refractivity contribution in [1.29, 1.82) is 0 Å². The molecule has 1 aliphatic rings. The highest BCUT2D eigenvalue weighted by molar-refractivity contribution is 8.14. The summed E-state index contributed by atoms with van der Waals surface area (Å²) in [7, 11) is 0. The van der Waals surface area contributed by atoms with Gasteiger partial charge in [0.1, 0.15) is 6.04 Å². The first-order chi connectivity index (χ1) is 9.38. The maximum Gasteiger partial charge on any atom is 0.362 e. The fourth-order valence-corrected chi connectivity index (χ4v) is 2.60. The zero-order chi connectivity index (χ0) is 15.3. The summed E-state index contributed by atoms with van der Waals surface area (Å²) in [5.74, 6) is -2.14. The number of ether oxygens (including phenoxy) is 1. The van der Waals surface area contributed by atoms with Gasteiger partial charge in [-0.3, -0.25) is 14.5 Å². The van der Waals surface area contributed by atoms with E-state index in [4.69, 9.17) is 9.84 Å². The Bertz CT molecular complexity index is 433. The molecule has 0 aromatic heterocycles. The van der Waals surface area contributed by atoms with Crippen molar-refractivity contribution in [2.24, 2.45) is 0 Å². The molecule has 0 bridgehead atoms. The molecule has 0 saturated carbocycles. The summed E-state index contributed by atoms with van der Waals surface area (Å²) >= 11 is 0.870. The molecule has 1 rings (SSSR count). The molecule has 4 N–H and O–H groups in total. The summed E-state index contributed by atoms with van der Waals surface area (Å²) in [5.41, 5.74) is 3.39. The molecular weight excluding hydrogens is 324 g/mol. The molecule has 120 valence electrons. The van der Waals surface area contributed by atoms with Crippen LogP contribution in [0.3, 0.4) is 0 Å². The number of esters is 1. The molecule has 0 spiro atoms. The number of amides is 2. The zero-order valence-electron chi connectivity index (χ0n) is 11.4. The van der Waals surface area contributed by atoms with Gasteiger partial charge in [-0.2, -0.15) is 0 Å². The lowest BCUT2D eigenvalue weighted by molar-refractivity contribution is -0.408. The molecule has 2 atom stereocenters. The number of carbonyl (C=O) groups is 4. The third-order valence-corrected chi connectivity index (χ3v) is 3.68. The Hall–Kier alpha value is -1.32. The monoisotopic (exact) mass is 340 g/mol. The SMILES string of the molecule is CCOC(=O)[C@@H]1CSC(=O)N1C(=O)CC[C@H]([NH3+])C(=O)O.[Cl-]. The van der Waals surface area contributed by atoms with Crippen LogP contribution >= 0.6 is 11.8 Å². The number of nitrogens with zero attached hydrogens (tertiary/aromatic N) is 1. The lowest BCUT2D eigenvalue weighted by atomic mass is 10.1. The van der Waals surface area contributed by atoms with Crippen molar-refractivity contribution in [3.63, 3.8) is 0 Å². The number of carboxylic acid groups (broad SMARTS) is 1. The van der Waals surface area contributed by atoms with Crippen LogP contribution < -0.4 is 18.1 Å². The summed E-state index contributed by atoms with van der Waals surface area (Å²) in [4.78, 5) is 46.8. The Morgan fingerprint density at radius 1 is 1.52 bits per heavy atom. The zero-order valence-corrected chi connectivity index (χ0v) is 13.0.